The first-order chi connectivity index (χ1) is 9.67. The van der Waals surface area contributed by atoms with Crippen molar-refractivity contribution < 1.29 is 19.2 Å². The topological polar surface area (TPSA) is 55.8 Å². The van der Waals surface area contributed by atoms with Crippen LogP contribution in [0.1, 0.15) is 19.4 Å². The van der Waals surface area contributed by atoms with Crippen molar-refractivity contribution in [2.45, 2.75) is 32.5 Å². The van der Waals surface area contributed by atoms with Crippen LogP contribution in [-0.4, -0.2) is 36.1 Å². The number of carbonyl (C=O) groups is 2. The summed E-state index contributed by atoms with van der Waals surface area (Å²) in [5.74, 6) is -0.914. The van der Waals surface area contributed by atoms with Crippen LogP contribution < -0.4 is 0 Å². The molecule has 0 aromatic heterocycles. The van der Waals surface area contributed by atoms with Crippen LogP contribution in [0.15, 0.2) is 30.3 Å². The van der Waals surface area contributed by atoms with Gasteiger partial charge in [0.15, 0.2) is 0 Å². The summed E-state index contributed by atoms with van der Waals surface area (Å²) < 4.78 is 5.05. The lowest BCUT2D eigenvalue weighted by atomic mass is 9.97. The minimum absolute atomic E-state index is 0.286. The third-order valence-corrected chi connectivity index (χ3v) is 3.38. The van der Waals surface area contributed by atoms with Crippen molar-refractivity contribution in [3.05, 3.63) is 35.9 Å². The number of hydroxylamine groups is 2. The average molecular weight is 277 g/mol. The van der Waals surface area contributed by atoms with E-state index in [1.54, 1.807) is 18.9 Å². The molecule has 1 aliphatic heterocycles. The van der Waals surface area contributed by atoms with Gasteiger partial charge in [-0.05, 0) is 19.4 Å². The van der Waals surface area contributed by atoms with E-state index in [-0.39, 0.29) is 12.7 Å². The molecule has 5 heteroatoms. The van der Waals surface area contributed by atoms with Gasteiger partial charge in [0, 0.05) is 0 Å². The van der Waals surface area contributed by atoms with Crippen LogP contribution >= 0.6 is 0 Å². The molecule has 0 radical (unpaired) electrons. The summed E-state index contributed by atoms with van der Waals surface area (Å²) in [6, 6.07) is 8.99. The minimum Gasteiger partial charge on any atom is -0.465 e. The maximum atomic E-state index is 12.1. The summed E-state index contributed by atoms with van der Waals surface area (Å²) in [6.07, 6.45) is 0.447. The van der Waals surface area contributed by atoms with Gasteiger partial charge < -0.3 is 9.53 Å². The summed E-state index contributed by atoms with van der Waals surface area (Å²) >= 11 is 0. The SMILES string of the molecule is CCOC(=O)[C@@H]1[C@H](C=O)[C@@H](C)ON1Cc1ccccc1. The van der Waals surface area contributed by atoms with E-state index < -0.39 is 17.9 Å². The zero-order chi connectivity index (χ0) is 14.5. The Labute approximate surface area is 118 Å². The number of esters is 1. The molecule has 1 heterocycles. The van der Waals surface area contributed by atoms with Gasteiger partial charge in [-0.15, -0.1) is 0 Å². The second kappa shape index (κ2) is 6.63. The average Bonchev–Trinajstić information content (AvgIpc) is 2.75. The molecule has 1 saturated heterocycles. The van der Waals surface area contributed by atoms with Gasteiger partial charge in [-0.3, -0.25) is 9.63 Å². The van der Waals surface area contributed by atoms with Crippen molar-refractivity contribution in [2.75, 3.05) is 6.61 Å². The quantitative estimate of drug-likeness (QED) is 0.604. The summed E-state index contributed by atoms with van der Waals surface area (Å²) in [4.78, 5) is 28.9. The molecule has 0 amide bonds. The Balaban J connectivity index is 2.17. The zero-order valence-corrected chi connectivity index (χ0v) is 11.7. The molecule has 0 unspecified atom stereocenters. The van der Waals surface area contributed by atoms with Crippen LogP contribution in [0.25, 0.3) is 0 Å². The molecule has 2 rings (SSSR count). The lowest BCUT2D eigenvalue weighted by Gasteiger charge is -2.22. The van der Waals surface area contributed by atoms with Crippen molar-refractivity contribution >= 4 is 12.3 Å². The van der Waals surface area contributed by atoms with Gasteiger partial charge >= 0.3 is 5.97 Å². The number of hydrogen-bond acceptors (Lipinski definition) is 5. The maximum Gasteiger partial charge on any atom is 0.326 e. The fraction of sp³-hybridized carbons (Fsp3) is 0.467. The predicted molar refractivity (Wildman–Crippen MR) is 72.5 cm³/mol. The Hall–Kier alpha value is -1.72. The second-order valence-corrected chi connectivity index (χ2v) is 4.78. The third-order valence-electron chi connectivity index (χ3n) is 3.38. The van der Waals surface area contributed by atoms with Gasteiger partial charge in [-0.25, -0.2) is 0 Å². The largest absolute Gasteiger partial charge is 0.465 e. The normalized spacial score (nSPS) is 26.4. The Kier molecular flexibility index (Phi) is 4.87. The number of benzene rings is 1. The molecule has 1 aromatic rings. The Bertz CT molecular complexity index is 462. The molecule has 1 fully saturated rings. The van der Waals surface area contributed by atoms with Crippen molar-refractivity contribution in [3.8, 4) is 0 Å². The highest BCUT2D eigenvalue weighted by Gasteiger charge is 2.46. The summed E-state index contributed by atoms with van der Waals surface area (Å²) in [6.45, 7) is 4.26. The lowest BCUT2D eigenvalue weighted by Crippen LogP contribution is -2.41. The minimum atomic E-state index is -0.678. The highest BCUT2D eigenvalue weighted by atomic mass is 16.7. The van der Waals surface area contributed by atoms with Crippen LogP contribution in [0, 0.1) is 5.92 Å². The highest BCUT2D eigenvalue weighted by molar-refractivity contribution is 5.80. The van der Waals surface area contributed by atoms with Gasteiger partial charge in [0.05, 0.1) is 25.2 Å². The first kappa shape index (κ1) is 14.7. The van der Waals surface area contributed by atoms with Gasteiger partial charge in [0.25, 0.3) is 0 Å². The van der Waals surface area contributed by atoms with E-state index >= 15 is 0 Å². The molecule has 20 heavy (non-hydrogen) atoms. The molecule has 1 aliphatic rings. The molecule has 0 bridgehead atoms. The van der Waals surface area contributed by atoms with Gasteiger partial charge in [-0.1, -0.05) is 30.3 Å². The number of carbonyl (C=O) groups excluding carboxylic acids is 2. The van der Waals surface area contributed by atoms with E-state index in [2.05, 4.69) is 0 Å². The molecular weight excluding hydrogens is 258 g/mol. The predicted octanol–water partition coefficient (Wildman–Crippen LogP) is 1.57. The molecule has 0 saturated carbocycles. The molecule has 0 spiro atoms. The molecule has 108 valence electrons. The Morgan fingerprint density at radius 1 is 1.40 bits per heavy atom. The number of ether oxygens (including phenoxy) is 1. The van der Waals surface area contributed by atoms with Gasteiger partial charge in [0.2, 0.25) is 0 Å². The van der Waals surface area contributed by atoms with Crippen LogP contribution in [0.5, 0.6) is 0 Å². The summed E-state index contributed by atoms with van der Waals surface area (Å²) in [7, 11) is 0. The molecular formula is C15H19NO4. The fourth-order valence-corrected chi connectivity index (χ4v) is 2.38. The highest BCUT2D eigenvalue weighted by Crippen LogP contribution is 2.28. The number of rotatable bonds is 5. The van der Waals surface area contributed by atoms with E-state index in [0.29, 0.717) is 6.54 Å². The standard InChI is InChI=1S/C15H19NO4/c1-3-19-15(18)14-13(10-17)11(2)20-16(14)9-12-7-5-4-6-8-12/h4-8,10-11,13-14H,3,9H2,1-2H3/t11-,13-,14+/m1/s1. The number of nitrogens with zero attached hydrogens (tertiary/aromatic N) is 1. The van der Waals surface area contributed by atoms with Gasteiger partial charge in [-0.2, -0.15) is 5.06 Å². The Morgan fingerprint density at radius 3 is 2.70 bits per heavy atom. The van der Waals surface area contributed by atoms with Crippen LogP contribution in [-0.2, 0) is 25.7 Å². The zero-order valence-electron chi connectivity index (χ0n) is 11.7. The van der Waals surface area contributed by atoms with Crippen molar-refractivity contribution in [2.24, 2.45) is 5.92 Å². The van der Waals surface area contributed by atoms with Crippen molar-refractivity contribution in [1.82, 2.24) is 5.06 Å². The molecule has 3 atom stereocenters. The monoisotopic (exact) mass is 277 g/mol. The smallest absolute Gasteiger partial charge is 0.326 e. The van der Waals surface area contributed by atoms with E-state index in [9.17, 15) is 9.59 Å². The molecule has 0 aliphatic carbocycles. The molecule has 1 aromatic carbocycles. The van der Waals surface area contributed by atoms with Crippen LogP contribution in [0.3, 0.4) is 0 Å². The van der Waals surface area contributed by atoms with Crippen LogP contribution in [0.2, 0.25) is 0 Å². The molecule has 0 N–H and O–H groups in total. The first-order valence-corrected chi connectivity index (χ1v) is 6.76. The fourth-order valence-electron chi connectivity index (χ4n) is 2.38. The van der Waals surface area contributed by atoms with E-state index in [1.807, 2.05) is 30.3 Å². The van der Waals surface area contributed by atoms with Gasteiger partial charge in [0.1, 0.15) is 12.3 Å². The summed E-state index contributed by atoms with van der Waals surface area (Å²) in [5, 5.41) is 1.55. The van der Waals surface area contributed by atoms with E-state index in [1.165, 1.54) is 0 Å². The maximum absolute atomic E-state index is 12.1. The Morgan fingerprint density at radius 2 is 2.10 bits per heavy atom. The lowest BCUT2D eigenvalue weighted by molar-refractivity contribution is -0.183. The first-order valence-electron chi connectivity index (χ1n) is 6.76. The van der Waals surface area contributed by atoms with E-state index in [4.69, 9.17) is 9.57 Å². The van der Waals surface area contributed by atoms with Crippen molar-refractivity contribution in [1.29, 1.82) is 0 Å². The molecule has 5 nitrogen and oxygen atoms in total. The van der Waals surface area contributed by atoms with E-state index in [0.717, 1.165) is 11.8 Å². The second-order valence-electron chi connectivity index (χ2n) is 4.78. The number of aldehydes is 1. The van der Waals surface area contributed by atoms with Crippen LogP contribution in [0.4, 0.5) is 0 Å². The third kappa shape index (κ3) is 3.05. The summed E-state index contributed by atoms with van der Waals surface area (Å²) in [5.41, 5.74) is 1.01. The number of hydrogen-bond donors (Lipinski definition) is 0. The van der Waals surface area contributed by atoms with Crippen molar-refractivity contribution in [3.63, 3.8) is 0 Å².